The Balaban J connectivity index is 2.10. The van der Waals surface area contributed by atoms with Gasteiger partial charge in [0.2, 0.25) is 0 Å². The lowest BCUT2D eigenvalue weighted by Crippen LogP contribution is -2.22. The highest BCUT2D eigenvalue weighted by Gasteiger charge is 2.77. The summed E-state index contributed by atoms with van der Waals surface area (Å²) in [5.74, 6) is -2.28. The van der Waals surface area contributed by atoms with E-state index in [1.54, 1.807) is 36.4 Å². The van der Waals surface area contributed by atoms with Crippen LogP contribution in [0.2, 0.25) is 0 Å². The van der Waals surface area contributed by atoms with Gasteiger partial charge in [-0.15, -0.1) is 0 Å². The highest BCUT2D eigenvalue weighted by molar-refractivity contribution is 7.92. The van der Waals surface area contributed by atoms with Crippen molar-refractivity contribution in [3.05, 3.63) is 65.7 Å². The van der Waals surface area contributed by atoms with Crippen LogP contribution < -0.4 is 0 Å². The molecule has 3 rings (SSSR count). The number of hydrogen-bond acceptors (Lipinski definition) is 4. The molecule has 1 saturated carbocycles. The molecule has 0 bridgehead atoms. The molecule has 0 unspecified atom stereocenters. The molecule has 1 fully saturated rings. The summed E-state index contributed by atoms with van der Waals surface area (Å²) in [4.78, 5) is 11.9. The lowest BCUT2D eigenvalue weighted by atomic mass is 9.99. The second kappa shape index (κ2) is 6.01. The van der Waals surface area contributed by atoms with Gasteiger partial charge in [-0.2, -0.15) is 5.26 Å². The number of aryl methyl sites for hydroxylation is 1. The van der Waals surface area contributed by atoms with E-state index in [1.165, 1.54) is 12.1 Å². The summed E-state index contributed by atoms with van der Waals surface area (Å²) in [6.07, 6.45) is 0.818. The van der Waals surface area contributed by atoms with Crippen LogP contribution >= 0.6 is 0 Å². The molecule has 1 aliphatic rings. The number of nitrogens with zero attached hydrogens (tertiary/aromatic N) is 1. The number of aliphatic carboxylic acids is 1. The molecule has 6 heteroatoms. The highest BCUT2D eigenvalue weighted by atomic mass is 32.2. The van der Waals surface area contributed by atoms with Crippen LogP contribution in [-0.4, -0.2) is 24.7 Å². The Morgan fingerprint density at radius 1 is 1.16 bits per heavy atom. The third kappa shape index (κ3) is 2.52. The molecule has 0 radical (unpaired) electrons. The Kier molecular flexibility index (Phi) is 4.13. The second-order valence-corrected chi connectivity index (χ2v) is 8.21. The van der Waals surface area contributed by atoms with E-state index in [0.29, 0.717) is 5.56 Å². The van der Waals surface area contributed by atoms with Gasteiger partial charge in [0.25, 0.3) is 0 Å². The van der Waals surface area contributed by atoms with Crippen molar-refractivity contribution >= 4 is 15.8 Å². The first kappa shape index (κ1) is 17.2. The van der Waals surface area contributed by atoms with E-state index in [2.05, 4.69) is 0 Å². The lowest BCUT2D eigenvalue weighted by Gasteiger charge is -2.04. The molecular weight excluding hydrogens is 338 g/mol. The van der Waals surface area contributed by atoms with Crippen LogP contribution in [0, 0.1) is 16.7 Å². The van der Waals surface area contributed by atoms with Crippen molar-refractivity contribution in [3.63, 3.8) is 0 Å². The number of carboxylic acids is 1. The minimum atomic E-state index is -3.95. The van der Waals surface area contributed by atoms with E-state index in [-0.39, 0.29) is 4.90 Å². The summed E-state index contributed by atoms with van der Waals surface area (Å²) < 4.78 is 25.9. The summed E-state index contributed by atoms with van der Waals surface area (Å²) in [6.45, 7) is 1.99. The topological polar surface area (TPSA) is 95.2 Å². The van der Waals surface area contributed by atoms with Gasteiger partial charge in [-0.05, 0) is 29.7 Å². The van der Waals surface area contributed by atoms with E-state index in [4.69, 9.17) is 0 Å². The van der Waals surface area contributed by atoms with Crippen LogP contribution in [0.1, 0.15) is 24.0 Å². The van der Waals surface area contributed by atoms with E-state index in [0.717, 1.165) is 12.0 Å². The molecule has 5 nitrogen and oxygen atoms in total. The molecular formula is C19H17NO4S. The molecule has 0 aromatic heterocycles. The van der Waals surface area contributed by atoms with Crippen molar-refractivity contribution in [2.45, 2.75) is 29.4 Å². The maximum Gasteiger partial charge on any atom is 0.326 e. The summed E-state index contributed by atoms with van der Waals surface area (Å²) in [6, 6.07) is 16.6. The molecule has 1 aliphatic carbocycles. The standard InChI is InChI=1S/C19H17NO4S/c1-2-13-8-10-14(11-9-13)16-17(19(16,12-20)18(21)22)25(23,24)15-6-4-3-5-7-15/h3-11,16-17H,2H2,1H3,(H,21,22)/t16-,17-,19-/m1/s1. The van der Waals surface area contributed by atoms with Crippen LogP contribution in [0.3, 0.4) is 0 Å². The minimum Gasteiger partial charge on any atom is -0.480 e. The largest absolute Gasteiger partial charge is 0.480 e. The van der Waals surface area contributed by atoms with Crippen LogP contribution in [0.25, 0.3) is 0 Å². The van der Waals surface area contributed by atoms with Gasteiger partial charge >= 0.3 is 5.97 Å². The first-order valence-corrected chi connectivity index (χ1v) is 9.46. The third-order valence-corrected chi connectivity index (χ3v) is 7.07. The maximum absolute atomic E-state index is 13.0. The normalized spacial score (nSPS) is 25.1. The van der Waals surface area contributed by atoms with Crippen molar-refractivity contribution < 1.29 is 18.3 Å². The number of rotatable bonds is 5. The number of hydrogen-bond donors (Lipinski definition) is 1. The van der Waals surface area contributed by atoms with Gasteiger partial charge in [-0.3, -0.25) is 4.79 Å². The Hall–Kier alpha value is -2.65. The van der Waals surface area contributed by atoms with E-state index < -0.39 is 32.4 Å². The van der Waals surface area contributed by atoms with E-state index in [9.17, 15) is 23.6 Å². The average Bonchev–Trinajstić information content (AvgIpc) is 3.34. The minimum absolute atomic E-state index is 0.0357. The fraction of sp³-hybridized carbons (Fsp3) is 0.263. The molecule has 0 heterocycles. The van der Waals surface area contributed by atoms with Gasteiger partial charge in [-0.25, -0.2) is 8.42 Å². The van der Waals surface area contributed by atoms with Gasteiger partial charge < -0.3 is 5.11 Å². The summed E-state index contributed by atoms with van der Waals surface area (Å²) >= 11 is 0. The molecule has 0 amide bonds. The second-order valence-electron chi connectivity index (χ2n) is 6.14. The van der Waals surface area contributed by atoms with E-state index in [1.807, 2.05) is 19.1 Å². The zero-order chi connectivity index (χ0) is 18.2. The van der Waals surface area contributed by atoms with Gasteiger partial charge in [0.05, 0.1) is 11.0 Å². The number of carbonyl (C=O) groups is 1. The monoisotopic (exact) mass is 355 g/mol. The third-order valence-electron chi connectivity index (χ3n) is 4.82. The highest BCUT2D eigenvalue weighted by Crippen LogP contribution is 2.63. The number of benzene rings is 2. The molecule has 1 N–H and O–H groups in total. The molecule has 0 aliphatic heterocycles. The molecule has 0 saturated heterocycles. The van der Waals surface area contributed by atoms with Gasteiger partial charge in [0.1, 0.15) is 5.25 Å². The molecule has 3 atom stereocenters. The SMILES string of the molecule is CCc1ccc([C@@H]2[C@@H](S(=O)(=O)c3ccccc3)[C@]2(C#N)C(=O)O)cc1. The zero-order valence-electron chi connectivity index (χ0n) is 13.6. The lowest BCUT2D eigenvalue weighted by molar-refractivity contribution is -0.141. The predicted molar refractivity (Wildman–Crippen MR) is 91.7 cm³/mol. The molecule has 2 aromatic carbocycles. The molecule has 2 aromatic rings. The molecule has 128 valence electrons. The van der Waals surface area contributed by atoms with Crippen LogP contribution in [0.5, 0.6) is 0 Å². The summed E-state index contributed by atoms with van der Waals surface area (Å²) in [5, 5.41) is 17.9. The first-order chi connectivity index (χ1) is 11.9. The quantitative estimate of drug-likeness (QED) is 0.890. The van der Waals surface area contributed by atoms with E-state index >= 15 is 0 Å². The fourth-order valence-electron chi connectivity index (χ4n) is 3.37. The van der Waals surface area contributed by atoms with Crippen molar-refractivity contribution in [1.29, 1.82) is 5.26 Å². The zero-order valence-corrected chi connectivity index (χ0v) is 14.4. The fourth-order valence-corrected chi connectivity index (χ4v) is 5.64. The van der Waals surface area contributed by atoms with Crippen molar-refractivity contribution in [2.75, 3.05) is 0 Å². The summed E-state index contributed by atoms with van der Waals surface area (Å²) in [7, 11) is -3.95. The van der Waals surface area contributed by atoms with Gasteiger partial charge in [-0.1, -0.05) is 49.4 Å². The smallest absolute Gasteiger partial charge is 0.326 e. The van der Waals surface area contributed by atoms with Gasteiger partial charge in [0, 0.05) is 5.92 Å². The first-order valence-electron chi connectivity index (χ1n) is 7.92. The van der Waals surface area contributed by atoms with Crippen molar-refractivity contribution in [2.24, 2.45) is 5.41 Å². The number of nitriles is 1. The van der Waals surface area contributed by atoms with Crippen LogP contribution in [0.15, 0.2) is 59.5 Å². The van der Waals surface area contributed by atoms with Crippen LogP contribution in [0.4, 0.5) is 0 Å². The predicted octanol–water partition coefficient (Wildman–Crippen LogP) is 2.78. The maximum atomic E-state index is 13.0. The number of sulfone groups is 1. The average molecular weight is 355 g/mol. The number of carboxylic acid groups (broad SMARTS) is 1. The Bertz CT molecular complexity index is 945. The molecule has 0 spiro atoms. The summed E-state index contributed by atoms with van der Waals surface area (Å²) in [5.41, 5.74) is -0.335. The van der Waals surface area contributed by atoms with Crippen LogP contribution in [-0.2, 0) is 21.1 Å². The van der Waals surface area contributed by atoms with Crippen molar-refractivity contribution in [3.8, 4) is 6.07 Å². The van der Waals surface area contributed by atoms with Gasteiger partial charge in [0.15, 0.2) is 15.3 Å². The Morgan fingerprint density at radius 2 is 1.76 bits per heavy atom. The Morgan fingerprint density at radius 3 is 2.24 bits per heavy atom. The van der Waals surface area contributed by atoms with Crippen molar-refractivity contribution in [1.82, 2.24) is 0 Å². The Labute approximate surface area is 146 Å². The molecule has 25 heavy (non-hydrogen) atoms.